The molecule has 23 heavy (non-hydrogen) atoms. The molecule has 1 aromatic heterocycles. The molecule has 1 heterocycles. The minimum absolute atomic E-state index is 0.0836. The number of primary amides is 1. The second kappa shape index (κ2) is 5.81. The summed E-state index contributed by atoms with van der Waals surface area (Å²) in [6.45, 7) is 0. The van der Waals surface area contributed by atoms with E-state index >= 15 is 0 Å². The van der Waals surface area contributed by atoms with Gasteiger partial charge in [-0.05, 0) is 29.8 Å². The Morgan fingerprint density at radius 3 is 2.48 bits per heavy atom. The van der Waals surface area contributed by atoms with Gasteiger partial charge in [-0.15, -0.1) is 0 Å². The van der Waals surface area contributed by atoms with Crippen LogP contribution in [-0.4, -0.2) is 19.3 Å². The Morgan fingerprint density at radius 2 is 1.78 bits per heavy atom. The van der Waals surface area contributed by atoms with Crippen molar-refractivity contribution >= 4 is 26.5 Å². The molecular formula is C17H14N2O3S. The van der Waals surface area contributed by atoms with Gasteiger partial charge in [0.15, 0.2) is 0 Å². The molecular weight excluding hydrogens is 312 g/mol. The lowest BCUT2D eigenvalue weighted by molar-refractivity contribution is -0.117. The van der Waals surface area contributed by atoms with Crippen molar-refractivity contribution in [3.8, 4) is 0 Å². The number of hydrogen-bond acceptors (Lipinski definition) is 4. The summed E-state index contributed by atoms with van der Waals surface area (Å²) in [6.07, 6.45) is 3.28. The fourth-order valence-corrected chi connectivity index (χ4v) is 3.92. The van der Waals surface area contributed by atoms with E-state index < -0.39 is 15.7 Å². The summed E-state index contributed by atoms with van der Waals surface area (Å²) >= 11 is 0. The van der Waals surface area contributed by atoms with Crippen LogP contribution in [0.1, 0.15) is 5.56 Å². The maximum Gasteiger partial charge on any atom is 0.221 e. The van der Waals surface area contributed by atoms with Gasteiger partial charge in [0.1, 0.15) is 0 Å². The van der Waals surface area contributed by atoms with Gasteiger partial charge < -0.3 is 5.73 Å². The highest BCUT2D eigenvalue weighted by Gasteiger charge is 2.20. The molecule has 116 valence electrons. The number of amides is 1. The Kier molecular flexibility index (Phi) is 3.83. The van der Waals surface area contributed by atoms with Crippen LogP contribution in [0.4, 0.5) is 0 Å². The highest BCUT2D eigenvalue weighted by molar-refractivity contribution is 7.91. The van der Waals surface area contributed by atoms with Crippen LogP contribution in [0.25, 0.3) is 10.8 Å². The maximum absolute atomic E-state index is 12.9. The molecule has 3 aromatic rings. The van der Waals surface area contributed by atoms with Gasteiger partial charge in [-0.1, -0.05) is 24.3 Å². The van der Waals surface area contributed by atoms with Crippen molar-refractivity contribution in [3.63, 3.8) is 0 Å². The number of rotatable bonds is 4. The van der Waals surface area contributed by atoms with Gasteiger partial charge in [-0.2, -0.15) is 0 Å². The molecule has 0 unspecified atom stereocenters. The molecule has 0 aliphatic rings. The van der Waals surface area contributed by atoms with Crippen molar-refractivity contribution < 1.29 is 13.2 Å². The largest absolute Gasteiger partial charge is 0.369 e. The number of hydrogen-bond donors (Lipinski definition) is 1. The topological polar surface area (TPSA) is 90.1 Å². The van der Waals surface area contributed by atoms with Crippen molar-refractivity contribution in [2.45, 2.75) is 16.2 Å². The Balaban J connectivity index is 2.09. The van der Waals surface area contributed by atoms with Crippen molar-refractivity contribution in [1.29, 1.82) is 0 Å². The number of sulfone groups is 1. The lowest BCUT2D eigenvalue weighted by Crippen LogP contribution is -2.13. The molecule has 3 rings (SSSR count). The normalized spacial score (nSPS) is 11.5. The molecule has 0 saturated carbocycles. The summed E-state index contributed by atoms with van der Waals surface area (Å²) < 4.78 is 25.7. The van der Waals surface area contributed by atoms with Crippen LogP contribution in [0.15, 0.2) is 70.7 Å². The fourth-order valence-electron chi connectivity index (χ4n) is 2.44. The summed E-state index contributed by atoms with van der Waals surface area (Å²) in [5.41, 5.74) is 5.82. The van der Waals surface area contributed by atoms with Crippen LogP contribution in [0.3, 0.4) is 0 Å². The molecule has 0 atom stereocenters. The second-order valence-corrected chi connectivity index (χ2v) is 7.06. The molecule has 6 heteroatoms. The molecule has 2 aromatic carbocycles. The van der Waals surface area contributed by atoms with Gasteiger partial charge in [0.25, 0.3) is 0 Å². The van der Waals surface area contributed by atoms with E-state index in [0.717, 1.165) is 5.39 Å². The number of fused-ring (bicyclic) bond motifs is 1. The monoisotopic (exact) mass is 326 g/mol. The third-order valence-corrected chi connectivity index (χ3v) is 5.37. The second-order valence-electron chi connectivity index (χ2n) is 5.14. The Hall–Kier alpha value is -2.73. The van der Waals surface area contributed by atoms with Crippen molar-refractivity contribution in [1.82, 2.24) is 4.98 Å². The zero-order valence-electron chi connectivity index (χ0n) is 12.1. The predicted octanol–water partition coefficient (Wildman–Crippen LogP) is 2.10. The first-order chi connectivity index (χ1) is 11.0. The number of benzene rings is 2. The summed E-state index contributed by atoms with van der Waals surface area (Å²) in [5, 5.41) is 1.39. The molecule has 0 radical (unpaired) electrons. The third kappa shape index (κ3) is 2.93. The minimum Gasteiger partial charge on any atom is -0.369 e. The summed E-state index contributed by atoms with van der Waals surface area (Å²) in [7, 11) is -3.65. The van der Waals surface area contributed by atoms with Gasteiger partial charge in [-0.3, -0.25) is 9.78 Å². The third-order valence-electron chi connectivity index (χ3n) is 3.54. The highest BCUT2D eigenvalue weighted by atomic mass is 32.2. The lowest BCUT2D eigenvalue weighted by Gasteiger charge is -2.08. The lowest BCUT2D eigenvalue weighted by atomic mass is 10.1. The van der Waals surface area contributed by atoms with Gasteiger partial charge in [0.05, 0.1) is 16.2 Å². The van der Waals surface area contributed by atoms with Crippen LogP contribution in [0.2, 0.25) is 0 Å². The predicted molar refractivity (Wildman–Crippen MR) is 86.5 cm³/mol. The molecule has 0 aliphatic heterocycles. The van der Waals surface area contributed by atoms with Gasteiger partial charge in [0, 0.05) is 23.2 Å². The minimum atomic E-state index is -3.65. The van der Waals surface area contributed by atoms with E-state index in [0.29, 0.717) is 10.9 Å². The molecule has 2 N–H and O–H groups in total. The summed E-state index contributed by atoms with van der Waals surface area (Å²) in [4.78, 5) is 15.3. The van der Waals surface area contributed by atoms with E-state index in [1.807, 2.05) is 6.07 Å². The van der Waals surface area contributed by atoms with Crippen LogP contribution in [-0.2, 0) is 21.1 Å². The van der Waals surface area contributed by atoms with Crippen LogP contribution < -0.4 is 5.73 Å². The SMILES string of the molecule is NC(=O)Cc1ccc(S(=O)(=O)c2cccc3cnccc23)cc1. The zero-order valence-corrected chi connectivity index (χ0v) is 13.0. The first-order valence-corrected chi connectivity index (χ1v) is 8.42. The van der Waals surface area contributed by atoms with Crippen molar-refractivity contribution in [3.05, 3.63) is 66.5 Å². The van der Waals surface area contributed by atoms with Gasteiger partial charge in [0.2, 0.25) is 15.7 Å². The van der Waals surface area contributed by atoms with Gasteiger partial charge >= 0.3 is 0 Å². The number of carbonyl (C=O) groups excluding carboxylic acids is 1. The summed E-state index contributed by atoms with van der Waals surface area (Å²) in [5.74, 6) is -0.456. The van der Waals surface area contributed by atoms with Gasteiger partial charge in [-0.25, -0.2) is 8.42 Å². The number of aromatic nitrogens is 1. The smallest absolute Gasteiger partial charge is 0.221 e. The zero-order chi connectivity index (χ0) is 16.4. The number of nitrogens with two attached hydrogens (primary N) is 1. The number of carbonyl (C=O) groups is 1. The average Bonchev–Trinajstić information content (AvgIpc) is 2.54. The molecule has 0 saturated heterocycles. The first-order valence-electron chi connectivity index (χ1n) is 6.93. The van der Waals surface area contributed by atoms with E-state index in [4.69, 9.17) is 5.73 Å². The van der Waals surface area contributed by atoms with Crippen LogP contribution in [0.5, 0.6) is 0 Å². The maximum atomic E-state index is 12.9. The van der Waals surface area contributed by atoms with E-state index in [9.17, 15) is 13.2 Å². The molecule has 5 nitrogen and oxygen atoms in total. The standard InChI is InChI=1S/C17H14N2O3S/c18-17(20)10-12-4-6-14(7-5-12)23(21,22)16-3-1-2-13-11-19-9-8-15(13)16/h1-9,11H,10H2,(H2,18,20). The molecule has 0 fully saturated rings. The van der Waals surface area contributed by atoms with Crippen molar-refractivity contribution in [2.75, 3.05) is 0 Å². The van der Waals surface area contributed by atoms with Crippen LogP contribution >= 0.6 is 0 Å². The summed E-state index contributed by atoms with van der Waals surface area (Å²) in [6, 6.07) is 13.0. The van der Waals surface area contributed by atoms with Crippen molar-refractivity contribution in [2.24, 2.45) is 5.73 Å². The molecule has 0 bridgehead atoms. The number of nitrogens with zero attached hydrogens (tertiary/aromatic N) is 1. The molecule has 0 aliphatic carbocycles. The van der Waals surface area contributed by atoms with Crippen LogP contribution in [0, 0.1) is 0 Å². The Labute approximate surface area is 133 Å². The Morgan fingerprint density at radius 1 is 1.04 bits per heavy atom. The van der Waals surface area contributed by atoms with E-state index in [1.54, 1.807) is 42.7 Å². The quantitative estimate of drug-likeness (QED) is 0.795. The van der Waals surface area contributed by atoms with E-state index in [-0.39, 0.29) is 16.2 Å². The highest BCUT2D eigenvalue weighted by Crippen LogP contribution is 2.27. The first kappa shape index (κ1) is 15.2. The van der Waals surface area contributed by atoms with E-state index in [1.165, 1.54) is 12.1 Å². The number of pyridine rings is 1. The average molecular weight is 326 g/mol. The fraction of sp³-hybridized carbons (Fsp3) is 0.0588. The van der Waals surface area contributed by atoms with E-state index in [2.05, 4.69) is 4.98 Å². The Bertz CT molecular complexity index is 975. The molecule has 0 spiro atoms. The molecule has 1 amide bonds.